The number of fused-ring (bicyclic) bond motifs is 15. The van der Waals surface area contributed by atoms with E-state index < -0.39 is 242 Å². The zero-order chi connectivity index (χ0) is 75.1. The maximum absolute atomic E-state index is 16.0. The summed E-state index contributed by atoms with van der Waals surface area (Å²) >= 11 is 14.1. The summed E-state index contributed by atoms with van der Waals surface area (Å²) in [6, 6.07) is -1.72. The fourth-order valence-corrected chi connectivity index (χ4v) is 13.0. The van der Waals surface area contributed by atoms with Crippen molar-refractivity contribution >= 4 is 70.5 Å². The third kappa shape index (κ3) is 16.1. The standard InChI is InChI=1S/C66H74Cl2N10O25/c1-23(2)12-35(78(5)77-97)59(90)75-49-51(84)26-7-10-38(32(67)14-26)99-40-16-28-17-41(55(40)103-65-56(54(87)53(86)42(22-79)101-65)102-44-21-66(4,70)57(88)24(3)98-44)100-39-11-8-27(15-33(39)68)52(85)50-63(94)74-48(64(95)96)31-18-29(80)19-37(82)45(31)30-13-25(6-9-36(30)81)46(60(91)76-50)73-61(92)47(28)72-58(89)34(20-43(69)83)71-62(49)93/h6-11,13-19,23-24,34-35,42,44,46-54,56-57,65,79-82,84-88H,12,20-22,70H2,1-5H3,(H2,69,83)(H,71,93)(H,72,89)(H,73,92)(H,74,94)(H,75,90)(H,76,91)(H,95,96)/t24-,34-,35+,42+,44-,46+,47+,48-,49+,50-,51+,52+,53+,54-,56+,57+,65-,66-/m0/s1. The second-order valence-electron chi connectivity index (χ2n) is 26.0. The Balaban J connectivity index is 1.24. The topological polar surface area (TPSA) is 551 Å². The lowest BCUT2D eigenvalue weighted by molar-refractivity contribution is -0.333. The number of aliphatic hydroxyl groups is 6. The zero-order valence-electron chi connectivity index (χ0n) is 55.1. The molecule has 12 rings (SSSR count). The van der Waals surface area contributed by atoms with Gasteiger partial charge in [0.1, 0.15) is 95.5 Å². The number of amides is 7. The molecule has 0 saturated carbocycles. The third-order valence-corrected chi connectivity index (χ3v) is 18.6. The minimum absolute atomic E-state index is 0.0486. The highest BCUT2D eigenvalue weighted by Crippen LogP contribution is 2.50. The molecule has 7 aliphatic rings. The van der Waals surface area contributed by atoms with Crippen LogP contribution in [0.4, 0.5) is 0 Å². The Morgan fingerprint density at radius 1 is 0.738 bits per heavy atom. The van der Waals surface area contributed by atoms with Gasteiger partial charge >= 0.3 is 5.97 Å². The molecule has 0 aliphatic carbocycles. The largest absolute Gasteiger partial charge is 0.508 e. The number of halogens is 2. The first-order chi connectivity index (χ1) is 48.6. The minimum Gasteiger partial charge on any atom is -0.508 e. The molecule has 5 aromatic rings. The molecule has 2 saturated heterocycles. The number of nitrogens with one attached hydrogen (secondary N) is 6. The van der Waals surface area contributed by atoms with Crippen LogP contribution in [0.3, 0.4) is 0 Å². The molecule has 5 aromatic carbocycles. The van der Waals surface area contributed by atoms with E-state index in [9.17, 15) is 79.9 Å². The Hall–Kier alpha value is -9.76. The number of carboxylic acids is 1. The third-order valence-electron chi connectivity index (χ3n) is 18.0. The molecular formula is C66H74Cl2N10O25. The maximum atomic E-state index is 16.0. The Bertz CT molecular complexity index is 4170. The van der Waals surface area contributed by atoms with Gasteiger partial charge in [-0.3, -0.25) is 38.6 Å². The Morgan fingerprint density at radius 3 is 1.92 bits per heavy atom. The zero-order valence-corrected chi connectivity index (χ0v) is 56.6. The lowest BCUT2D eigenvalue weighted by Gasteiger charge is -2.47. The van der Waals surface area contributed by atoms with Gasteiger partial charge in [0.05, 0.1) is 40.6 Å². The van der Waals surface area contributed by atoms with Gasteiger partial charge in [0.15, 0.2) is 29.9 Å². The molecule has 35 nitrogen and oxygen atoms in total. The number of hydrogen-bond donors (Lipinski definition) is 18. The molecule has 7 amide bonds. The van der Waals surface area contributed by atoms with E-state index in [1.807, 2.05) is 0 Å². The van der Waals surface area contributed by atoms with Crippen LogP contribution in [-0.4, -0.2) is 196 Å². The van der Waals surface area contributed by atoms with Crippen molar-refractivity contribution in [3.63, 3.8) is 0 Å². The van der Waals surface area contributed by atoms with Crippen LogP contribution < -0.4 is 57.6 Å². The van der Waals surface area contributed by atoms with E-state index in [1.165, 1.54) is 20.9 Å². The molecule has 20 N–H and O–H groups in total. The van der Waals surface area contributed by atoms with Crippen LogP contribution in [0.1, 0.15) is 105 Å². The molecule has 37 heteroatoms. The maximum Gasteiger partial charge on any atom is 0.330 e. The normalized spacial score (nSPS) is 29.0. The van der Waals surface area contributed by atoms with Gasteiger partial charge in [-0.2, -0.15) is 0 Å². The highest BCUT2D eigenvalue weighted by Gasteiger charge is 2.52. The van der Waals surface area contributed by atoms with Crippen LogP contribution in [0, 0.1) is 10.8 Å². The lowest BCUT2D eigenvalue weighted by atomic mass is 9.86. The molecule has 7 aliphatic heterocycles. The number of carbonyl (C=O) groups is 8. The van der Waals surface area contributed by atoms with E-state index in [4.69, 9.17) is 63.1 Å². The summed E-state index contributed by atoms with van der Waals surface area (Å²) in [5.74, 6) is -16.9. The quantitative estimate of drug-likeness (QED) is 0.0532. The first kappa shape index (κ1) is 75.9. The number of aliphatic carboxylic acids is 1. The van der Waals surface area contributed by atoms with Crippen molar-refractivity contribution < 1.29 is 118 Å². The van der Waals surface area contributed by atoms with Gasteiger partial charge in [0.2, 0.25) is 53.4 Å². The highest BCUT2D eigenvalue weighted by molar-refractivity contribution is 6.32. The predicted molar refractivity (Wildman–Crippen MR) is 354 cm³/mol. The summed E-state index contributed by atoms with van der Waals surface area (Å²) in [5.41, 5.74) is 7.79. The number of hydrogen-bond acceptors (Lipinski definition) is 26. The van der Waals surface area contributed by atoms with E-state index in [1.54, 1.807) is 13.8 Å². The number of primary amides is 1. The first-order valence-electron chi connectivity index (χ1n) is 31.9. The molecule has 11 bridgehead atoms. The number of rotatable bonds is 14. The van der Waals surface area contributed by atoms with Crippen LogP contribution in [-0.2, 0) is 52.6 Å². The van der Waals surface area contributed by atoms with Gasteiger partial charge in [-0.1, -0.05) is 55.2 Å². The van der Waals surface area contributed by atoms with Gasteiger partial charge in [0.25, 0.3) is 0 Å². The van der Waals surface area contributed by atoms with Crippen molar-refractivity contribution in [3.8, 4) is 57.1 Å². The second-order valence-corrected chi connectivity index (χ2v) is 26.9. The van der Waals surface area contributed by atoms with Gasteiger partial charge in [0, 0.05) is 41.8 Å². The lowest BCUT2D eigenvalue weighted by Crippen LogP contribution is -2.64. The van der Waals surface area contributed by atoms with Crippen molar-refractivity contribution in [2.45, 2.75) is 156 Å². The molecule has 18 atom stereocenters. The number of carboxylic acid groups (broad SMARTS) is 1. The molecule has 552 valence electrons. The molecule has 0 unspecified atom stereocenters. The SMILES string of the molecule is CC(C)C[C@H](C(=O)N[C@H]1C(=O)N[C@@H](CC(N)=O)C(=O)N[C@H]2C(=O)N[C@H]3C(=O)N[C@H](C(=O)N[C@H](C(=O)O)c4cc(O)cc(O)c4-c4cc3ccc4O)[C@H](O)c3ccc(c(Cl)c3)Oc3cc2cc(c3O[C@@H]2O[C@H](CO)[C@@H](O)[C@H](O)[C@H]2O[C@H]2C[C@](C)(N)[C@H](O)[C@H](C)O2)Oc2ccc(cc2Cl)[C@H]1O)N(C)N=O. The molecule has 7 heterocycles. The molecule has 103 heavy (non-hydrogen) atoms. The average Bonchev–Trinajstić information content (AvgIpc) is 0.767. The van der Waals surface area contributed by atoms with Crippen LogP contribution in [0.15, 0.2) is 84.1 Å². The summed E-state index contributed by atoms with van der Waals surface area (Å²) in [6.45, 7) is 5.40. The molecule has 0 radical (unpaired) electrons. The summed E-state index contributed by atoms with van der Waals surface area (Å²) < 4.78 is 38.2. The first-order valence-corrected chi connectivity index (χ1v) is 32.7. The summed E-state index contributed by atoms with van der Waals surface area (Å²) in [6.07, 6.45) is -19.1. The summed E-state index contributed by atoms with van der Waals surface area (Å²) in [4.78, 5) is 129. The van der Waals surface area contributed by atoms with Crippen molar-refractivity contribution in [1.82, 2.24) is 36.9 Å². The van der Waals surface area contributed by atoms with Crippen molar-refractivity contribution in [3.05, 3.63) is 122 Å². The average molecular weight is 1480 g/mol. The number of nitroso groups, excluding NO2 is 1. The van der Waals surface area contributed by atoms with Crippen molar-refractivity contribution in [2.24, 2.45) is 22.7 Å². The molecule has 2 fully saturated rings. The number of aliphatic hydroxyl groups excluding tert-OH is 6. The number of ether oxygens (including phenoxy) is 6. The molecule has 0 aromatic heterocycles. The minimum atomic E-state index is -2.39. The fourth-order valence-electron chi connectivity index (χ4n) is 12.6. The predicted octanol–water partition coefficient (Wildman–Crippen LogP) is 0.500. The Kier molecular flexibility index (Phi) is 22.6. The smallest absolute Gasteiger partial charge is 0.330 e. The Morgan fingerprint density at radius 2 is 1.34 bits per heavy atom. The van der Waals surface area contributed by atoms with E-state index in [-0.39, 0.29) is 41.2 Å². The van der Waals surface area contributed by atoms with E-state index >= 15 is 14.4 Å². The van der Waals surface area contributed by atoms with Gasteiger partial charge in [-0.25, -0.2) is 4.79 Å². The summed E-state index contributed by atoms with van der Waals surface area (Å²) in [7, 11) is 1.17. The van der Waals surface area contributed by atoms with E-state index in [0.717, 1.165) is 83.9 Å². The number of phenolic OH excluding ortho intramolecular Hbond substituents is 3. The number of aromatic hydroxyl groups is 3. The number of nitrogens with zero attached hydrogens (tertiary/aromatic N) is 2. The van der Waals surface area contributed by atoms with Crippen LogP contribution in [0.2, 0.25) is 10.0 Å². The molecular weight excluding hydrogens is 1400 g/mol. The van der Waals surface area contributed by atoms with Crippen LogP contribution in [0.25, 0.3) is 11.1 Å². The monoisotopic (exact) mass is 1480 g/mol. The second kappa shape index (κ2) is 30.7. The highest BCUT2D eigenvalue weighted by atomic mass is 35.5. The van der Waals surface area contributed by atoms with E-state index in [0.29, 0.717) is 0 Å². The van der Waals surface area contributed by atoms with Gasteiger partial charge < -0.3 is 123 Å². The number of nitrogens with two attached hydrogens (primary N) is 2. The van der Waals surface area contributed by atoms with Gasteiger partial charge in [-0.05, 0) is 103 Å². The van der Waals surface area contributed by atoms with Gasteiger partial charge in [-0.15, -0.1) is 4.91 Å². The summed E-state index contributed by atoms with van der Waals surface area (Å²) in [5, 5.41) is 131. The number of benzene rings is 5. The number of phenols is 3. The van der Waals surface area contributed by atoms with Crippen LogP contribution >= 0.6 is 23.2 Å². The fraction of sp³-hybridized carbons (Fsp3) is 0.424. The molecule has 0 spiro atoms. The van der Waals surface area contributed by atoms with Crippen molar-refractivity contribution in [2.75, 3.05) is 13.7 Å². The van der Waals surface area contributed by atoms with Crippen molar-refractivity contribution in [1.29, 1.82) is 0 Å². The Labute approximate surface area is 594 Å². The number of carbonyl (C=O) groups excluding carboxylic acids is 7. The van der Waals surface area contributed by atoms with Crippen LogP contribution in [0.5, 0.6) is 46.0 Å². The number of likely N-dealkylation sites (N-methyl/N-ethyl adjacent to an activating group) is 1. The van der Waals surface area contributed by atoms with E-state index in [2.05, 4.69) is 37.2 Å².